The lowest BCUT2D eigenvalue weighted by atomic mass is 9.88. The van der Waals surface area contributed by atoms with Crippen molar-refractivity contribution in [3.8, 4) is 11.5 Å². The van der Waals surface area contributed by atoms with E-state index in [1.807, 2.05) is 18.2 Å². The van der Waals surface area contributed by atoms with Crippen molar-refractivity contribution in [3.63, 3.8) is 0 Å². The highest BCUT2D eigenvalue weighted by Gasteiger charge is 2.23. The van der Waals surface area contributed by atoms with E-state index in [9.17, 15) is 9.59 Å². The van der Waals surface area contributed by atoms with Crippen LogP contribution in [0, 0.1) is 0 Å². The number of carbonyl (C=O) groups is 1. The van der Waals surface area contributed by atoms with E-state index < -0.39 is 12.1 Å². The quantitative estimate of drug-likeness (QED) is 0.300. The number of halogens is 1. The smallest absolute Gasteiger partial charge is 0.347 e. The molecule has 190 valence electrons. The molecule has 0 saturated heterocycles. The van der Waals surface area contributed by atoms with Crippen LogP contribution in [-0.2, 0) is 9.53 Å². The van der Waals surface area contributed by atoms with Gasteiger partial charge in [0.15, 0.2) is 17.6 Å². The van der Waals surface area contributed by atoms with Gasteiger partial charge in [0.2, 0.25) is 0 Å². The summed E-state index contributed by atoms with van der Waals surface area (Å²) in [5.41, 5.74) is 1.07. The lowest BCUT2D eigenvalue weighted by Crippen LogP contribution is -2.26. The molecular formula is C27H30ClN3O5. The van der Waals surface area contributed by atoms with Crippen LogP contribution in [0.3, 0.4) is 0 Å². The van der Waals surface area contributed by atoms with Crippen molar-refractivity contribution in [2.24, 2.45) is 5.10 Å². The van der Waals surface area contributed by atoms with Gasteiger partial charge in [0, 0.05) is 5.92 Å². The molecule has 0 amide bonds. The number of para-hydroxylation sites is 1. The standard InChI is InChI=1S/C27H30ClN3O5/c1-4-35-27(33)17(2)36-24-21(28)14-18(15-23(24)34-3)16-29-31-25(19-10-6-5-7-11-19)30-22-13-9-8-12-20(22)26(31)32/h8-9,12-17,19H,4-7,10-11H2,1-3H3/t17-/m0/s1. The van der Waals surface area contributed by atoms with Gasteiger partial charge in [0.25, 0.3) is 5.56 Å². The molecule has 0 spiro atoms. The zero-order valence-corrected chi connectivity index (χ0v) is 21.5. The zero-order chi connectivity index (χ0) is 25.7. The summed E-state index contributed by atoms with van der Waals surface area (Å²) in [5.74, 6) is 0.906. The molecular weight excluding hydrogens is 482 g/mol. The third-order valence-electron chi connectivity index (χ3n) is 6.24. The second-order valence-corrected chi connectivity index (χ2v) is 9.14. The van der Waals surface area contributed by atoms with E-state index in [-0.39, 0.29) is 28.9 Å². The number of methoxy groups -OCH3 is 1. The van der Waals surface area contributed by atoms with Crippen LogP contribution in [0.1, 0.15) is 63.3 Å². The molecule has 0 radical (unpaired) electrons. The molecule has 1 atom stereocenters. The van der Waals surface area contributed by atoms with Crippen molar-refractivity contribution in [2.45, 2.75) is 58.0 Å². The van der Waals surface area contributed by atoms with Crippen molar-refractivity contribution in [1.82, 2.24) is 9.66 Å². The van der Waals surface area contributed by atoms with E-state index in [2.05, 4.69) is 5.10 Å². The average Bonchev–Trinajstić information content (AvgIpc) is 2.89. The molecule has 9 heteroatoms. The second-order valence-electron chi connectivity index (χ2n) is 8.73. The van der Waals surface area contributed by atoms with Gasteiger partial charge in [-0.05, 0) is 56.5 Å². The largest absolute Gasteiger partial charge is 0.493 e. The first-order valence-corrected chi connectivity index (χ1v) is 12.6. The van der Waals surface area contributed by atoms with Crippen LogP contribution in [-0.4, -0.2) is 41.7 Å². The number of ether oxygens (including phenoxy) is 3. The normalized spacial score (nSPS) is 15.2. The molecule has 1 aromatic heterocycles. The second kappa shape index (κ2) is 11.6. The van der Waals surface area contributed by atoms with Crippen LogP contribution >= 0.6 is 11.6 Å². The van der Waals surface area contributed by atoms with Crippen LogP contribution < -0.4 is 15.0 Å². The fraction of sp³-hybridized carbons (Fsp3) is 0.407. The Balaban J connectivity index is 1.71. The third-order valence-corrected chi connectivity index (χ3v) is 6.52. The summed E-state index contributed by atoms with van der Waals surface area (Å²) in [4.78, 5) is 30.2. The Hall–Kier alpha value is -3.39. The van der Waals surface area contributed by atoms with Crippen LogP contribution in [0.25, 0.3) is 10.9 Å². The Morgan fingerprint density at radius 3 is 2.72 bits per heavy atom. The molecule has 3 aromatic rings. The summed E-state index contributed by atoms with van der Waals surface area (Å²) >= 11 is 6.48. The summed E-state index contributed by atoms with van der Waals surface area (Å²) < 4.78 is 17.6. The SMILES string of the molecule is CCOC(=O)[C@H](C)Oc1c(Cl)cc(C=Nn2c(C3CCCCC3)nc3ccccc3c2=O)cc1OC. The van der Waals surface area contributed by atoms with Gasteiger partial charge in [-0.25, -0.2) is 9.78 Å². The Kier molecular flexibility index (Phi) is 8.25. The van der Waals surface area contributed by atoms with Gasteiger partial charge in [-0.2, -0.15) is 9.78 Å². The molecule has 1 aliphatic rings. The number of hydrogen-bond donors (Lipinski definition) is 0. The van der Waals surface area contributed by atoms with Crippen LogP contribution in [0.4, 0.5) is 0 Å². The maximum Gasteiger partial charge on any atom is 0.347 e. The van der Waals surface area contributed by atoms with Crippen molar-refractivity contribution < 1.29 is 19.0 Å². The van der Waals surface area contributed by atoms with E-state index in [1.54, 1.807) is 38.3 Å². The minimum atomic E-state index is -0.865. The molecule has 36 heavy (non-hydrogen) atoms. The Bertz CT molecular complexity index is 1330. The van der Waals surface area contributed by atoms with Gasteiger partial charge in [0.1, 0.15) is 5.82 Å². The maximum absolute atomic E-state index is 13.4. The fourth-order valence-electron chi connectivity index (χ4n) is 4.42. The molecule has 0 N–H and O–H groups in total. The minimum absolute atomic E-state index is 0.173. The van der Waals surface area contributed by atoms with Crippen molar-refractivity contribution in [3.05, 3.63) is 63.2 Å². The number of esters is 1. The van der Waals surface area contributed by atoms with Gasteiger partial charge < -0.3 is 14.2 Å². The first-order chi connectivity index (χ1) is 17.4. The lowest BCUT2D eigenvalue weighted by Gasteiger charge is -2.22. The summed E-state index contributed by atoms with van der Waals surface area (Å²) in [6.45, 7) is 3.55. The summed E-state index contributed by atoms with van der Waals surface area (Å²) in [6.07, 6.45) is 6.05. The molecule has 1 fully saturated rings. The first kappa shape index (κ1) is 25.7. The molecule has 1 saturated carbocycles. The topological polar surface area (TPSA) is 92.0 Å². The first-order valence-electron chi connectivity index (χ1n) is 12.2. The average molecular weight is 512 g/mol. The van der Waals surface area contributed by atoms with Gasteiger partial charge in [-0.1, -0.05) is 43.0 Å². The highest BCUT2D eigenvalue weighted by atomic mass is 35.5. The van der Waals surface area contributed by atoms with E-state index in [1.165, 1.54) is 18.2 Å². The van der Waals surface area contributed by atoms with Crippen molar-refractivity contribution in [1.29, 1.82) is 0 Å². The molecule has 1 heterocycles. The van der Waals surface area contributed by atoms with E-state index in [0.29, 0.717) is 28.0 Å². The number of carbonyl (C=O) groups excluding carboxylic acids is 1. The Morgan fingerprint density at radius 1 is 1.25 bits per heavy atom. The molecule has 0 unspecified atom stereocenters. The van der Waals surface area contributed by atoms with Crippen molar-refractivity contribution in [2.75, 3.05) is 13.7 Å². The Morgan fingerprint density at radius 2 is 2.00 bits per heavy atom. The highest BCUT2D eigenvalue weighted by molar-refractivity contribution is 6.32. The minimum Gasteiger partial charge on any atom is -0.493 e. The summed E-state index contributed by atoms with van der Waals surface area (Å²) in [6, 6.07) is 10.6. The fourth-order valence-corrected chi connectivity index (χ4v) is 4.68. The van der Waals surface area contributed by atoms with Crippen LogP contribution in [0.2, 0.25) is 5.02 Å². The lowest BCUT2D eigenvalue weighted by molar-refractivity contribution is -0.150. The van der Waals surface area contributed by atoms with Gasteiger partial charge in [-0.15, -0.1) is 0 Å². The number of benzene rings is 2. The Labute approximate surface area is 214 Å². The predicted molar refractivity (Wildman–Crippen MR) is 140 cm³/mol. The third kappa shape index (κ3) is 5.54. The highest BCUT2D eigenvalue weighted by Crippen LogP contribution is 2.37. The van der Waals surface area contributed by atoms with E-state index >= 15 is 0 Å². The molecule has 1 aliphatic carbocycles. The molecule has 2 aromatic carbocycles. The molecule has 0 aliphatic heterocycles. The summed E-state index contributed by atoms with van der Waals surface area (Å²) in [7, 11) is 1.48. The monoisotopic (exact) mass is 511 g/mol. The van der Waals surface area contributed by atoms with Gasteiger partial charge in [0.05, 0.1) is 35.9 Å². The predicted octanol–water partition coefficient (Wildman–Crippen LogP) is 5.32. The molecule has 0 bridgehead atoms. The number of hydrogen-bond acceptors (Lipinski definition) is 7. The molecule has 8 nitrogen and oxygen atoms in total. The van der Waals surface area contributed by atoms with Crippen LogP contribution in [0.15, 0.2) is 46.3 Å². The van der Waals surface area contributed by atoms with Crippen molar-refractivity contribution >= 4 is 34.7 Å². The van der Waals surface area contributed by atoms with Gasteiger partial charge >= 0.3 is 5.97 Å². The number of aromatic nitrogens is 2. The zero-order valence-electron chi connectivity index (χ0n) is 20.7. The van der Waals surface area contributed by atoms with E-state index in [0.717, 1.165) is 25.7 Å². The van der Waals surface area contributed by atoms with E-state index in [4.69, 9.17) is 30.8 Å². The maximum atomic E-state index is 13.4. The number of rotatable bonds is 8. The number of fused-ring (bicyclic) bond motifs is 1. The van der Waals surface area contributed by atoms with Gasteiger partial charge in [-0.3, -0.25) is 4.79 Å². The summed E-state index contributed by atoms with van der Waals surface area (Å²) in [5, 5.41) is 5.30. The molecule has 4 rings (SSSR count). The van der Waals surface area contributed by atoms with Crippen LogP contribution in [0.5, 0.6) is 11.5 Å². The number of nitrogens with zero attached hydrogens (tertiary/aromatic N) is 3.